The number of hydrogen-bond donors (Lipinski definition) is 1. The van der Waals surface area contributed by atoms with Crippen molar-refractivity contribution in [3.05, 3.63) is 46.2 Å². The molecule has 0 saturated carbocycles. The standard InChI is InChI=1S/C14H14N2O2/c17-13-7-6-10-11(4-3-5-12(10)15-13)14(18)16-8-1-2-9-16/h3-7H,1-2,8-9H2,(H,15,17). The monoisotopic (exact) mass is 242 g/mol. The zero-order valence-electron chi connectivity index (χ0n) is 9.98. The number of nitrogens with one attached hydrogen (secondary N) is 1. The molecule has 2 aromatic rings. The highest BCUT2D eigenvalue weighted by molar-refractivity contribution is 6.06. The minimum atomic E-state index is -0.145. The maximum Gasteiger partial charge on any atom is 0.254 e. The minimum absolute atomic E-state index is 0.0603. The lowest BCUT2D eigenvalue weighted by Crippen LogP contribution is -2.27. The van der Waals surface area contributed by atoms with Gasteiger partial charge in [-0.25, -0.2) is 0 Å². The Bertz CT molecular complexity index is 654. The van der Waals surface area contributed by atoms with Crippen molar-refractivity contribution in [2.75, 3.05) is 13.1 Å². The van der Waals surface area contributed by atoms with Gasteiger partial charge in [-0.3, -0.25) is 9.59 Å². The van der Waals surface area contributed by atoms with Gasteiger partial charge >= 0.3 is 0 Å². The molecule has 92 valence electrons. The molecule has 0 radical (unpaired) electrons. The topological polar surface area (TPSA) is 53.2 Å². The highest BCUT2D eigenvalue weighted by Gasteiger charge is 2.20. The maximum absolute atomic E-state index is 12.4. The Morgan fingerprint density at radius 1 is 1.11 bits per heavy atom. The first-order valence-electron chi connectivity index (χ1n) is 6.17. The van der Waals surface area contributed by atoms with Gasteiger partial charge in [0.25, 0.3) is 5.91 Å². The third-order valence-electron chi connectivity index (χ3n) is 3.39. The van der Waals surface area contributed by atoms with Crippen molar-refractivity contribution in [2.24, 2.45) is 0 Å². The van der Waals surface area contributed by atoms with Crippen LogP contribution in [0.1, 0.15) is 23.2 Å². The van der Waals surface area contributed by atoms with Crippen molar-refractivity contribution in [2.45, 2.75) is 12.8 Å². The summed E-state index contributed by atoms with van der Waals surface area (Å²) in [6.07, 6.45) is 2.15. The van der Waals surface area contributed by atoms with Crippen molar-refractivity contribution in [1.29, 1.82) is 0 Å². The van der Waals surface area contributed by atoms with E-state index in [0.29, 0.717) is 11.1 Å². The molecule has 4 heteroatoms. The van der Waals surface area contributed by atoms with E-state index < -0.39 is 0 Å². The Hall–Kier alpha value is -2.10. The Balaban J connectivity index is 2.11. The number of benzene rings is 1. The number of aromatic amines is 1. The molecule has 0 spiro atoms. The summed E-state index contributed by atoms with van der Waals surface area (Å²) in [7, 11) is 0. The van der Waals surface area contributed by atoms with Gasteiger partial charge in [0, 0.05) is 35.6 Å². The van der Waals surface area contributed by atoms with Crippen LogP contribution in [-0.2, 0) is 0 Å². The first-order chi connectivity index (χ1) is 8.75. The van der Waals surface area contributed by atoms with Crippen LogP contribution in [0, 0.1) is 0 Å². The number of pyridine rings is 1. The van der Waals surface area contributed by atoms with Gasteiger partial charge in [0.05, 0.1) is 0 Å². The summed E-state index contributed by atoms with van der Waals surface area (Å²) in [4.78, 5) is 28.3. The summed E-state index contributed by atoms with van der Waals surface area (Å²) in [5.41, 5.74) is 1.24. The molecular weight excluding hydrogens is 228 g/mol. The summed E-state index contributed by atoms with van der Waals surface area (Å²) < 4.78 is 0. The van der Waals surface area contributed by atoms with Gasteiger partial charge in [-0.1, -0.05) is 6.07 Å². The fourth-order valence-electron chi connectivity index (χ4n) is 2.46. The van der Waals surface area contributed by atoms with Crippen molar-refractivity contribution in [3.63, 3.8) is 0 Å². The molecule has 1 aliphatic heterocycles. The van der Waals surface area contributed by atoms with Gasteiger partial charge in [-0.15, -0.1) is 0 Å². The second-order valence-electron chi connectivity index (χ2n) is 4.59. The Kier molecular flexibility index (Phi) is 2.63. The smallest absolute Gasteiger partial charge is 0.254 e. The lowest BCUT2D eigenvalue weighted by atomic mass is 10.1. The van der Waals surface area contributed by atoms with Crippen LogP contribution in [0.5, 0.6) is 0 Å². The van der Waals surface area contributed by atoms with Crippen molar-refractivity contribution in [3.8, 4) is 0 Å². The summed E-state index contributed by atoms with van der Waals surface area (Å²) in [5, 5.41) is 0.814. The number of likely N-dealkylation sites (tertiary alicyclic amines) is 1. The first kappa shape index (κ1) is 11.0. The van der Waals surface area contributed by atoms with Gasteiger partial charge in [-0.2, -0.15) is 0 Å². The van der Waals surface area contributed by atoms with Crippen LogP contribution in [0.4, 0.5) is 0 Å². The van der Waals surface area contributed by atoms with Crippen LogP contribution in [0.15, 0.2) is 35.1 Å². The second kappa shape index (κ2) is 4.29. The van der Waals surface area contributed by atoms with Crippen molar-refractivity contribution >= 4 is 16.8 Å². The molecule has 0 aliphatic carbocycles. The molecular formula is C14H14N2O2. The number of carbonyl (C=O) groups is 1. The lowest BCUT2D eigenvalue weighted by Gasteiger charge is -2.16. The van der Waals surface area contributed by atoms with E-state index in [-0.39, 0.29) is 11.5 Å². The fourth-order valence-corrected chi connectivity index (χ4v) is 2.46. The summed E-state index contributed by atoms with van der Waals surface area (Å²) in [6.45, 7) is 1.66. The predicted octanol–water partition coefficient (Wildman–Crippen LogP) is 1.76. The number of amides is 1. The van der Waals surface area contributed by atoms with Crippen LogP contribution < -0.4 is 5.56 Å². The third-order valence-corrected chi connectivity index (χ3v) is 3.39. The highest BCUT2D eigenvalue weighted by atomic mass is 16.2. The number of aromatic nitrogens is 1. The molecule has 4 nitrogen and oxygen atoms in total. The Morgan fingerprint density at radius 2 is 1.89 bits per heavy atom. The summed E-state index contributed by atoms with van der Waals surface area (Å²) in [6, 6.07) is 8.63. The number of fused-ring (bicyclic) bond motifs is 1. The van der Waals surface area contributed by atoms with Crippen LogP contribution >= 0.6 is 0 Å². The van der Waals surface area contributed by atoms with Crippen molar-refractivity contribution < 1.29 is 4.79 Å². The third kappa shape index (κ3) is 1.79. The highest BCUT2D eigenvalue weighted by Crippen LogP contribution is 2.19. The van der Waals surface area contributed by atoms with Gasteiger partial charge in [0.15, 0.2) is 0 Å². The van der Waals surface area contributed by atoms with E-state index in [0.717, 1.165) is 31.3 Å². The van der Waals surface area contributed by atoms with E-state index in [1.54, 1.807) is 6.07 Å². The van der Waals surface area contributed by atoms with E-state index >= 15 is 0 Å². The summed E-state index contributed by atoms with van der Waals surface area (Å²) >= 11 is 0. The molecule has 2 heterocycles. The fraction of sp³-hybridized carbons (Fsp3) is 0.286. The normalized spacial score (nSPS) is 15.2. The van der Waals surface area contributed by atoms with E-state index in [1.165, 1.54) is 6.07 Å². The number of rotatable bonds is 1. The molecule has 1 fully saturated rings. The molecule has 1 N–H and O–H groups in total. The number of nitrogens with zero attached hydrogens (tertiary/aromatic N) is 1. The molecule has 0 unspecified atom stereocenters. The average molecular weight is 242 g/mol. The molecule has 3 rings (SSSR count). The van der Waals surface area contributed by atoms with Crippen LogP contribution in [-0.4, -0.2) is 28.9 Å². The predicted molar refractivity (Wildman–Crippen MR) is 69.7 cm³/mol. The largest absolute Gasteiger partial charge is 0.339 e. The SMILES string of the molecule is O=C(c1cccc2[nH]c(=O)ccc12)N1CCCC1. The minimum Gasteiger partial charge on any atom is -0.339 e. The van der Waals surface area contributed by atoms with E-state index in [2.05, 4.69) is 4.98 Å². The van der Waals surface area contributed by atoms with Gasteiger partial charge in [-0.05, 0) is 31.0 Å². The Labute approximate surface area is 104 Å². The average Bonchev–Trinajstić information content (AvgIpc) is 2.90. The number of hydrogen-bond acceptors (Lipinski definition) is 2. The molecule has 0 bridgehead atoms. The first-order valence-corrected chi connectivity index (χ1v) is 6.17. The van der Waals surface area contributed by atoms with E-state index in [9.17, 15) is 9.59 Å². The van der Waals surface area contributed by atoms with Gasteiger partial charge in [0.2, 0.25) is 5.56 Å². The zero-order chi connectivity index (χ0) is 12.5. The van der Waals surface area contributed by atoms with E-state index in [1.807, 2.05) is 23.1 Å². The Morgan fingerprint density at radius 3 is 2.67 bits per heavy atom. The molecule has 1 aliphatic rings. The number of carbonyl (C=O) groups excluding carboxylic acids is 1. The summed E-state index contributed by atoms with van der Waals surface area (Å²) in [5.74, 6) is 0.0603. The number of H-pyrrole nitrogens is 1. The van der Waals surface area contributed by atoms with Crippen LogP contribution in [0.3, 0.4) is 0 Å². The zero-order valence-corrected chi connectivity index (χ0v) is 9.98. The molecule has 1 aromatic carbocycles. The second-order valence-corrected chi connectivity index (χ2v) is 4.59. The molecule has 1 aromatic heterocycles. The van der Waals surface area contributed by atoms with Gasteiger partial charge in [0.1, 0.15) is 0 Å². The molecule has 1 amide bonds. The van der Waals surface area contributed by atoms with Gasteiger partial charge < -0.3 is 9.88 Å². The maximum atomic E-state index is 12.4. The molecule has 0 atom stereocenters. The van der Waals surface area contributed by atoms with Crippen LogP contribution in [0.2, 0.25) is 0 Å². The molecule has 18 heavy (non-hydrogen) atoms. The quantitative estimate of drug-likeness (QED) is 0.828. The lowest BCUT2D eigenvalue weighted by molar-refractivity contribution is 0.0795. The van der Waals surface area contributed by atoms with E-state index in [4.69, 9.17) is 0 Å². The van der Waals surface area contributed by atoms with Crippen molar-refractivity contribution in [1.82, 2.24) is 9.88 Å². The molecule has 1 saturated heterocycles. The van der Waals surface area contributed by atoms with Crippen LogP contribution in [0.25, 0.3) is 10.9 Å².